The molecule has 0 aliphatic heterocycles. The topological polar surface area (TPSA) is 84.4 Å². The number of hydrogen-bond acceptors (Lipinski definition) is 6. The van der Waals surface area contributed by atoms with Gasteiger partial charge in [0.05, 0.1) is 5.25 Å². The van der Waals surface area contributed by atoms with Crippen molar-refractivity contribution in [3.8, 4) is 0 Å². The molecule has 1 aromatic heterocycles. The summed E-state index contributed by atoms with van der Waals surface area (Å²) in [5.41, 5.74) is 5.37. The van der Waals surface area contributed by atoms with Gasteiger partial charge in [-0.05, 0) is 18.5 Å². The fourth-order valence-electron chi connectivity index (χ4n) is 0.508. The van der Waals surface area contributed by atoms with Crippen LogP contribution in [0.2, 0.25) is 0 Å². The molecule has 0 aromatic carbocycles. The fraction of sp³-hybridized carbons (Fsp3) is 0.400. The van der Waals surface area contributed by atoms with E-state index >= 15 is 0 Å². The molecule has 0 amide bonds. The number of rotatable bonds is 3. The Morgan fingerprint density at radius 2 is 2.67 bits per heavy atom. The SMILES string of the molecule is CC(Sc1ncns1)C(N)=NO. The maximum atomic E-state index is 8.35. The highest BCUT2D eigenvalue weighted by Gasteiger charge is 2.10. The van der Waals surface area contributed by atoms with Crippen molar-refractivity contribution < 1.29 is 5.21 Å². The van der Waals surface area contributed by atoms with Gasteiger partial charge in [-0.3, -0.25) is 0 Å². The molecule has 5 nitrogen and oxygen atoms in total. The van der Waals surface area contributed by atoms with Gasteiger partial charge in [-0.2, -0.15) is 4.37 Å². The minimum absolute atomic E-state index is 0.0806. The molecule has 0 saturated carbocycles. The van der Waals surface area contributed by atoms with E-state index in [0.717, 1.165) is 4.34 Å². The maximum Gasteiger partial charge on any atom is 0.170 e. The van der Waals surface area contributed by atoms with Crippen LogP contribution in [-0.2, 0) is 0 Å². The molecule has 1 aromatic rings. The van der Waals surface area contributed by atoms with E-state index in [-0.39, 0.29) is 11.1 Å². The van der Waals surface area contributed by atoms with Gasteiger partial charge < -0.3 is 10.9 Å². The summed E-state index contributed by atoms with van der Waals surface area (Å²) in [5.74, 6) is 0.190. The van der Waals surface area contributed by atoms with E-state index in [0.29, 0.717) is 0 Å². The van der Waals surface area contributed by atoms with Crippen LogP contribution in [0.25, 0.3) is 0 Å². The van der Waals surface area contributed by atoms with Crippen molar-refractivity contribution in [2.24, 2.45) is 10.9 Å². The highest BCUT2D eigenvalue weighted by Crippen LogP contribution is 2.23. The number of amidine groups is 1. The van der Waals surface area contributed by atoms with E-state index in [1.807, 2.05) is 6.92 Å². The van der Waals surface area contributed by atoms with Crippen LogP contribution < -0.4 is 5.73 Å². The second kappa shape index (κ2) is 4.27. The van der Waals surface area contributed by atoms with Gasteiger partial charge in [-0.1, -0.05) is 16.9 Å². The summed E-state index contributed by atoms with van der Waals surface area (Å²) in [6, 6.07) is 0. The number of oxime groups is 1. The largest absolute Gasteiger partial charge is 0.409 e. The summed E-state index contributed by atoms with van der Waals surface area (Å²) in [6.07, 6.45) is 1.48. The molecular formula is C5H8N4OS2. The Bertz CT molecular complexity index is 260. The average molecular weight is 204 g/mol. The summed E-state index contributed by atoms with van der Waals surface area (Å²) in [6.45, 7) is 1.83. The second-order valence-corrected chi connectivity index (χ2v) is 4.36. The fourth-order valence-corrected chi connectivity index (χ4v) is 2.10. The highest BCUT2D eigenvalue weighted by molar-refractivity contribution is 8.02. The summed E-state index contributed by atoms with van der Waals surface area (Å²) < 4.78 is 4.64. The van der Waals surface area contributed by atoms with Gasteiger partial charge in [0.1, 0.15) is 6.33 Å². The van der Waals surface area contributed by atoms with Crippen molar-refractivity contribution in [1.29, 1.82) is 0 Å². The van der Waals surface area contributed by atoms with Crippen molar-refractivity contribution in [2.45, 2.75) is 16.5 Å². The van der Waals surface area contributed by atoms with Crippen LogP contribution in [0.3, 0.4) is 0 Å². The molecule has 66 valence electrons. The van der Waals surface area contributed by atoms with Gasteiger partial charge in [0.2, 0.25) is 0 Å². The lowest BCUT2D eigenvalue weighted by Gasteiger charge is -2.04. The lowest BCUT2D eigenvalue weighted by molar-refractivity contribution is 0.317. The molecule has 1 rings (SSSR count). The molecular weight excluding hydrogens is 196 g/mol. The van der Waals surface area contributed by atoms with Crippen LogP contribution in [0.1, 0.15) is 6.92 Å². The minimum atomic E-state index is -0.0806. The first-order chi connectivity index (χ1) is 5.74. The Balaban J connectivity index is 2.53. The molecule has 3 N–H and O–H groups in total. The van der Waals surface area contributed by atoms with Crippen molar-refractivity contribution >= 4 is 29.1 Å². The standard InChI is InChI=1S/C5H8N4OS2/c1-3(4(6)9-10)11-5-7-2-8-12-5/h2-3,10H,1H3,(H2,6,9). The molecule has 0 aliphatic rings. The summed E-state index contributed by atoms with van der Waals surface area (Å²) in [4.78, 5) is 3.95. The smallest absolute Gasteiger partial charge is 0.170 e. The minimum Gasteiger partial charge on any atom is -0.409 e. The zero-order valence-electron chi connectivity index (χ0n) is 6.34. The molecule has 7 heteroatoms. The monoisotopic (exact) mass is 204 g/mol. The van der Waals surface area contributed by atoms with Crippen LogP contribution in [0.15, 0.2) is 15.8 Å². The Kier molecular flexibility index (Phi) is 3.30. The third-order valence-corrected chi connectivity index (χ3v) is 3.03. The van der Waals surface area contributed by atoms with Crippen LogP contribution in [0.4, 0.5) is 0 Å². The molecule has 1 atom stereocenters. The number of nitrogens with zero attached hydrogens (tertiary/aromatic N) is 3. The Morgan fingerprint density at radius 1 is 1.92 bits per heavy atom. The summed E-state index contributed by atoms with van der Waals surface area (Å²) in [5, 5.41) is 11.2. The van der Waals surface area contributed by atoms with Gasteiger partial charge in [0.25, 0.3) is 0 Å². The number of nitrogens with two attached hydrogens (primary N) is 1. The normalized spacial score (nSPS) is 14.6. The average Bonchev–Trinajstić information content (AvgIpc) is 2.55. The van der Waals surface area contributed by atoms with E-state index < -0.39 is 0 Å². The molecule has 0 aliphatic carbocycles. The van der Waals surface area contributed by atoms with Gasteiger partial charge >= 0.3 is 0 Å². The molecule has 0 fully saturated rings. The number of thioether (sulfide) groups is 1. The van der Waals surface area contributed by atoms with E-state index in [9.17, 15) is 0 Å². The molecule has 12 heavy (non-hydrogen) atoms. The van der Waals surface area contributed by atoms with E-state index in [2.05, 4.69) is 14.5 Å². The van der Waals surface area contributed by atoms with E-state index in [4.69, 9.17) is 10.9 Å². The first-order valence-corrected chi connectivity index (χ1v) is 4.80. The zero-order chi connectivity index (χ0) is 8.97. The summed E-state index contributed by atoms with van der Waals surface area (Å²) in [7, 11) is 0. The van der Waals surface area contributed by atoms with Crippen LogP contribution in [0.5, 0.6) is 0 Å². The molecule has 0 radical (unpaired) electrons. The summed E-state index contributed by atoms with van der Waals surface area (Å²) >= 11 is 2.70. The van der Waals surface area contributed by atoms with Gasteiger partial charge in [0.15, 0.2) is 10.2 Å². The van der Waals surface area contributed by atoms with E-state index in [1.165, 1.54) is 29.6 Å². The first kappa shape index (κ1) is 9.27. The molecule has 1 unspecified atom stereocenters. The molecule has 0 saturated heterocycles. The predicted molar refractivity (Wildman–Crippen MR) is 48.6 cm³/mol. The third kappa shape index (κ3) is 2.35. The Morgan fingerprint density at radius 3 is 3.17 bits per heavy atom. The van der Waals surface area contributed by atoms with Gasteiger partial charge in [-0.15, -0.1) is 0 Å². The predicted octanol–water partition coefficient (Wildman–Crippen LogP) is 0.765. The third-order valence-electron chi connectivity index (χ3n) is 1.15. The van der Waals surface area contributed by atoms with Crippen molar-refractivity contribution in [3.63, 3.8) is 0 Å². The Hall–Kier alpha value is -0.820. The highest BCUT2D eigenvalue weighted by atomic mass is 32.2. The molecule has 1 heterocycles. The first-order valence-electron chi connectivity index (χ1n) is 3.14. The lowest BCUT2D eigenvalue weighted by atomic mass is 10.4. The van der Waals surface area contributed by atoms with E-state index in [1.54, 1.807) is 0 Å². The molecule has 0 spiro atoms. The van der Waals surface area contributed by atoms with Crippen LogP contribution in [-0.4, -0.2) is 25.7 Å². The van der Waals surface area contributed by atoms with Crippen molar-refractivity contribution in [3.05, 3.63) is 6.33 Å². The molecule has 0 bridgehead atoms. The van der Waals surface area contributed by atoms with Crippen LogP contribution in [0, 0.1) is 0 Å². The van der Waals surface area contributed by atoms with Crippen molar-refractivity contribution in [2.75, 3.05) is 0 Å². The maximum absolute atomic E-state index is 8.35. The van der Waals surface area contributed by atoms with Gasteiger partial charge in [-0.25, -0.2) is 4.98 Å². The lowest BCUT2D eigenvalue weighted by Crippen LogP contribution is -2.23. The number of aromatic nitrogens is 2. The van der Waals surface area contributed by atoms with Gasteiger partial charge in [0, 0.05) is 0 Å². The Labute approximate surface area is 77.9 Å². The quantitative estimate of drug-likeness (QED) is 0.250. The van der Waals surface area contributed by atoms with Crippen molar-refractivity contribution in [1.82, 2.24) is 9.36 Å². The zero-order valence-corrected chi connectivity index (χ0v) is 7.97. The number of hydrogen-bond donors (Lipinski definition) is 2. The second-order valence-electron chi connectivity index (χ2n) is 1.99. The van der Waals surface area contributed by atoms with Crippen LogP contribution >= 0.6 is 23.3 Å².